The number of anilines is 2. The number of benzene rings is 2. The number of rotatable bonds is 3. The van der Waals surface area contributed by atoms with Crippen molar-refractivity contribution in [3.8, 4) is 6.07 Å². The summed E-state index contributed by atoms with van der Waals surface area (Å²) in [6.45, 7) is 2.03. The summed E-state index contributed by atoms with van der Waals surface area (Å²) < 4.78 is 0. The Balaban J connectivity index is 2.21. The lowest BCUT2D eigenvalue weighted by Crippen LogP contribution is -2.08. The summed E-state index contributed by atoms with van der Waals surface area (Å²) in [4.78, 5) is 0. The first-order chi connectivity index (χ1) is 9.10. The van der Waals surface area contributed by atoms with Gasteiger partial charge in [0.2, 0.25) is 0 Å². The Morgan fingerprint density at radius 2 is 1.89 bits per heavy atom. The largest absolute Gasteiger partial charge is 0.397 e. The molecule has 4 heteroatoms. The Hall–Kier alpha value is -2.18. The lowest BCUT2D eigenvalue weighted by Gasteiger charge is -2.17. The van der Waals surface area contributed by atoms with Crippen LogP contribution in [0.3, 0.4) is 0 Å². The van der Waals surface area contributed by atoms with Crippen LogP contribution in [0, 0.1) is 11.3 Å². The molecule has 96 valence electrons. The summed E-state index contributed by atoms with van der Waals surface area (Å²) in [5, 5.41) is 12.9. The molecule has 0 fully saturated rings. The van der Waals surface area contributed by atoms with E-state index >= 15 is 0 Å². The van der Waals surface area contributed by atoms with Crippen molar-refractivity contribution < 1.29 is 0 Å². The zero-order valence-electron chi connectivity index (χ0n) is 10.5. The number of halogens is 1. The highest BCUT2D eigenvalue weighted by Gasteiger charge is 2.08. The third-order valence-electron chi connectivity index (χ3n) is 2.92. The number of nitrogen functional groups attached to an aromatic ring is 1. The van der Waals surface area contributed by atoms with E-state index in [1.54, 1.807) is 18.2 Å². The number of nitrogens with two attached hydrogens (primary N) is 1. The van der Waals surface area contributed by atoms with Crippen molar-refractivity contribution in [1.82, 2.24) is 0 Å². The molecule has 3 N–H and O–H groups in total. The minimum absolute atomic E-state index is 0.0773. The van der Waals surface area contributed by atoms with Gasteiger partial charge in [0.25, 0.3) is 0 Å². The molecule has 0 aliphatic carbocycles. The van der Waals surface area contributed by atoms with Gasteiger partial charge in [-0.25, -0.2) is 0 Å². The Morgan fingerprint density at radius 3 is 2.53 bits per heavy atom. The van der Waals surface area contributed by atoms with Crippen LogP contribution in [0.1, 0.15) is 24.1 Å². The van der Waals surface area contributed by atoms with Crippen LogP contribution in [0.5, 0.6) is 0 Å². The third-order valence-corrected chi connectivity index (χ3v) is 3.18. The van der Waals surface area contributed by atoms with Crippen molar-refractivity contribution in [2.24, 2.45) is 0 Å². The van der Waals surface area contributed by atoms with Crippen LogP contribution in [0.25, 0.3) is 0 Å². The van der Waals surface area contributed by atoms with Gasteiger partial charge in [0.05, 0.1) is 23.0 Å². The van der Waals surface area contributed by atoms with Gasteiger partial charge in [-0.3, -0.25) is 0 Å². The van der Waals surface area contributed by atoms with Gasteiger partial charge < -0.3 is 11.1 Å². The molecule has 0 saturated heterocycles. The summed E-state index contributed by atoms with van der Waals surface area (Å²) in [5.74, 6) is 0. The van der Waals surface area contributed by atoms with Crippen molar-refractivity contribution in [2.75, 3.05) is 11.1 Å². The van der Waals surface area contributed by atoms with Gasteiger partial charge in [0, 0.05) is 11.1 Å². The molecule has 0 amide bonds. The van der Waals surface area contributed by atoms with Crippen LogP contribution < -0.4 is 11.1 Å². The normalized spacial score (nSPS) is 11.6. The van der Waals surface area contributed by atoms with Crippen LogP contribution in [0.2, 0.25) is 5.02 Å². The van der Waals surface area contributed by atoms with Gasteiger partial charge in [-0.15, -0.1) is 0 Å². The van der Waals surface area contributed by atoms with E-state index in [0.717, 1.165) is 11.3 Å². The van der Waals surface area contributed by atoms with Crippen LogP contribution in [-0.2, 0) is 0 Å². The fraction of sp³-hybridized carbons (Fsp3) is 0.133. The molecule has 0 spiro atoms. The van der Waals surface area contributed by atoms with Crippen LogP contribution >= 0.6 is 11.6 Å². The number of hydrogen-bond acceptors (Lipinski definition) is 3. The topological polar surface area (TPSA) is 61.8 Å². The highest BCUT2D eigenvalue weighted by atomic mass is 35.5. The van der Waals surface area contributed by atoms with E-state index in [1.807, 2.05) is 31.2 Å². The standard InChI is InChI=1S/C15H14ClN3/c1-10(12-3-5-13(16)6-4-12)19-15-8-11(9-17)2-7-14(15)18/h2-8,10,19H,18H2,1H3. The summed E-state index contributed by atoms with van der Waals surface area (Å²) in [6, 6.07) is 15.0. The fourth-order valence-electron chi connectivity index (χ4n) is 1.82. The Labute approximate surface area is 117 Å². The lowest BCUT2D eigenvalue weighted by atomic mass is 10.1. The molecule has 3 nitrogen and oxygen atoms in total. The van der Waals surface area contributed by atoms with E-state index in [9.17, 15) is 0 Å². The van der Waals surface area contributed by atoms with Gasteiger partial charge in [0.1, 0.15) is 0 Å². The second-order valence-electron chi connectivity index (χ2n) is 4.33. The zero-order valence-corrected chi connectivity index (χ0v) is 11.3. The van der Waals surface area contributed by atoms with Gasteiger partial charge >= 0.3 is 0 Å². The fourth-order valence-corrected chi connectivity index (χ4v) is 1.94. The third kappa shape index (κ3) is 3.18. The quantitative estimate of drug-likeness (QED) is 0.831. The molecule has 0 aliphatic rings. The van der Waals surface area contributed by atoms with Gasteiger partial charge in [-0.2, -0.15) is 5.26 Å². The molecule has 19 heavy (non-hydrogen) atoms. The molecule has 2 rings (SSSR count). The average Bonchev–Trinajstić information content (AvgIpc) is 2.42. The molecular weight excluding hydrogens is 258 g/mol. The van der Waals surface area contributed by atoms with Crippen molar-refractivity contribution in [3.63, 3.8) is 0 Å². The second-order valence-corrected chi connectivity index (χ2v) is 4.77. The Kier molecular flexibility index (Phi) is 3.94. The van der Waals surface area contributed by atoms with E-state index in [-0.39, 0.29) is 6.04 Å². The zero-order chi connectivity index (χ0) is 13.8. The van der Waals surface area contributed by atoms with Crippen LogP contribution in [0.15, 0.2) is 42.5 Å². The highest BCUT2D eigenvalue weighted by molar-refractivity contribution is 6.30. The van der Waals surface area contributed by atoms with Crippen LogP contribution in [0.4, 0.5) is 11.4 Å². The van der Waals surface area contributed by atoms with E-state index in [4.69, 9.17) is 22.6 Å². The lowest BCUT2D eigenvalue weighted by molar-refractivity contribution is 0.885. The molecule has 0 bridgehead atoms. The smallest absolute Gasteiger partial charge is 0.0992 e. The summed E-state index contributed by atoms with van der Waals surface area (Å²) >= 11 is 5.86. The number of hydrogen-bond donors (Lipinski definition) is 2. The monoisotopic (exact) mass is 271 g/mol. The van der Waals surface area contributed by atoms with Gasteiger partial charge in [-0.05, 0) is 42.8 Å². The molecule has 2 aromatic carbocycles. The Morgan fingerprint density at radius 1 is 1.21 bits per heavy atom. The van der Waals surface area contributed by atoms with E-state index in [1.165, 1.54) is 0 Å². The number of nitriles is 1. The summed E-state index contributed by atoms with van der Waals surface area (Å²) in [7, 11) is 0. The average molecular weight is 272 g/mol. The first kappa shape index (κ1) is 13.3. The summed E-state index contributed by atoms with van der Waals surface area (Å²) in [6.07, 6.45) is 0. The summed E-state index contributed by atoms with van der Waals surface area (Å²) in [5.41, 5.74) is 8.98. The molecule has 0 saturated carbocycles. The molecule has 0 aliphatic heterocycles. The first-order valence-electron chi connectivity index (χ1n) is 5.92. The van der Waals surface area contributed by atoms with Crippen molar-refractivity contribution in [1.29, 1.82) is 5.26 Å². The highest BCUT2D eigenvalue weighted by Crippen LogP contribution is 2.25. The van der Waals surface area contributed by atoms with Crippen LogP contribution in [-0.4, -0.2) is 0 Å². The molecule has 2 aromatic rings. The number of nitrogens with one attached hydrogen (secondary N) is 1. The maximum Gasteiger partial charge on any atom is 0.0992 e. The maximum atomic E-state index is 8.90. The molecule has 0 radical (unpaired) electrons. The van der Waals surface area contributed by atoms with Crippen molar-refractivity contribution >= 4 is 23.0 Å². The van der Waals surface area contributed by atoms with Crippen molar-refractivity contribution in [3.05, 3.63) is 58.6 Å². The molecule has 1 atom stereocenters. The minimum atomic E-state index is 0.0773. The van der Waals surface area contributed by atoms with E-state index in [2.05, 4.69) is 11.4 Å². The first-order valence-corrected chi connectivity index (χ1v) is 6.29. The maximum absolute atomic E-state index is 8.90. The molecule has 1 unspecified atom stereocenters. The van der Waals surface area contributed by atoms with Crippen molar-refractivity contribution in [2.45, 2.75) is 13.0 Å². The van der Waals surface area contributed by atoms with E-state index < -0.39 is 0 Å². The van der Waals surface area contributed by atoms with Gasteiger partial charge in [-0.1, -0.05) is 23.7 Å². The predicted molar refractivity (Wildman–Crippen MR) is 79.1 cm³/mol. The molecular formula is C15H14ClN3. The SMILES string of the molecule is CC(Nc1cc(C#N)ccc1N)c1ccc(Cl)cc1. The molecule has 0 aromatic heterocycles. The minimum Gasteiger partial charge on any atom is -0.397 e. The second kappa shape index (κ2) is 5.64. The molecule has 0 heterocycles. The predicted octanol–water partition coefficient (Wildman–Crippen LogP) is 3.97. The Bertz CT molecular complexity index is 614. The number of nitrogens with zero attached hydrogens (tertiary/aromatic N) is 1. The van der Waals surface area contributed by atoms with E-state index in [0.29, 0.717) is 16.3 Å². The van der Waals surface area contributed by atoms with Gasteiger partial charge in [0.15, 0.2) is 0 Å².